The molecular weight excluding hydrogens is 402 g/mol. The van der Waals surface area contributed by atoms with Crippen LogP contribution in [0.4, 0.5) is 0 Å². The minimum Gasteiger partial charge on any atom is -0.365 e. The minimum absolute atomic E-state index is 1.09. The van der Waals surface area contributed by atoms with Crippen LogP contribution in [0.3, 0.4) is 0 Å². The van der Waals surface area contributed by atoms with Crippen molar-refractivity contribution >= 4 is 6.08 Å². The van der Waals surface area contributed by atoms with Crippen LogP contribution in [-0.2, 0) is 19.3 Å². The summed E-state index contributed by atoms with van der Waals surface area (Å²) in [6.45, 7) is 0. The summed E-state index contributed by atoms with van der Waals surface area (Å²) in [6, 6.07) is 11.2. The highest BCUT2D eigenvalue weighted by Crippen LogP contribution is 2.41. The molecular formula is C30H27N3. The number of rotatable bonds is 1. The largest absolute Gasteiger partial charge is 0.365 e. The van der Waals surface area contributed by atoms with Crippen molar-refractivity contribution in [3.8, 4) is 22.3 Å². The van der Waals surface area contributed by atoms with Crippen molar-refractivity contribution < 1.29 is 0 Å². The first-order valence-corrected chi connectivity index (χ1v) is 11.9. The van der Waals surface area contributed by atoms with Gasteiger partial charge in [0, 0.05) is 29.9 Å². The summed E-state index contributed by atoms with van der Waals surface area (Å²) in [5.41, 5.74) is 13.9. The van der Waals surface area contributed by atoms with Crippen molar-refractivity contribution in [1.29, 1.82) is 0 Å². The summed E-state index contributed by atoms with van der Waals surface area (Å²) in [5, 5.41) is 3.20. The second-order valence-corrected chi connectivity index (χ2v) is 8.97. The number of hydrogen-bond donors (Lipinski definition) is 1. The monoisotopic (exact) mass is 429 g/mol. The molecule has 1 N–H and O–H groups in total. The van der Waals surface area contributed by atoms with E-state index in [1.807, 2.05) is 18.6 Å². The molecule has 2 aliphatic heterocycles. The van der Waals surface area contributed by atoms with Crippen molar-refractivity contribution in [3.63, 3.8) is 0 Å². The van der Waals surface area contributed by atoms with E-state index in [1.54, 1.807) is 17.5 Å². The number of aromatic nitrogens is 2. The van der Waals surface area contributed by atoms with Gasteiger partial charge in [0.05, 0.1) is 0 Å². The first-order valence-electron chi connectivity index (χ1n) is 11.9. The zero-order valence-corrected chi connectivity index (χ0v) is 18.7. The summed E-state index contributed by atoms with van der Waals surface area (Å²) in [6.07, 6.45) is 25.4. The van der Waals surface area contributed by atoms with E-state index in [1.165, 1.54) is 58.3 Å². The first kappa shape index (κ1) is 19.9. The zero-order valence-electron chi connectivity index (χ0n) is 18.7. The Morgan fingerprint density at radius 3 is 2.42 bits per heavy atom. The molecule has 3 heterocycles. The molecule has 162 valence electrons. The van der Waals surface area contributed by atoms with Crippen LogP contribution < -0.4 is 5.32 Å². The third kappa shape index (κ3) is 3.84. The van der Waals surface area contributed by atoms with E-state index < -0.39 is 0 Å². The fourth-order valence-electron chi connectivity index (χ4n) is 5.37. The van der Waals surface area contributed by atoms with Crippen molar-refractivity contribution in [2.45, 2.75) is 38.5 Å². The van der Waals surface area contributed by atoms with Gasteiger partial charge >= 0.3 is 0 Å². The Kier molecular flexibility index (Phi) is 5.23. The molecule has 3 aliphatic carbocycles. The average Bonchev–Trinajstić information content (AvgIpc) is 3.27. The number of nitrogens with zero attached hydrogens (tertiary/aromatic N) is 2. The van der Waals surface area contributed by atoms with Crippen molar-refractivity contribution in [2.75, 3.05) is 0 Å². The van der Waals surface area contributed by atoms with Crippen LogP contribution in [0.5, 0.6) is 0 Å². The standard InChI is InChI=1S/C22H18N2.C8H9N/c1-2-5-17-15(4-1)8-9-22-19-7-3-6-18(16-12-23-14-24-13-16)21(19)11-10-20(17)22;1-3-8-4-2-7(1)5-6-9-8/h1,3-4,6-9,12-14H,2,5,10-11H2;1,3,5-6,9H,2,4H2. The molecule has 8 rings (SSSR count). The number of nitrogens with one attached hydrogen (secondary N) is 1. The SMILES string of the molecule is C1=CC2=CC=C(CC2)N1.C1=Cc2ccc3c(c2CC1)CCc1c(-c2cncnc2)cccc1-3. The van der Waals surface area contributed by atoms with E-state index in [2.05, 4.69) is 76.0 Å². The molecule has 2 aromatic carbocycles. The summed E-state index contributed by atoms with van der Waals surface area (Å²) in [4.78, 5) is 8.39. The molecule has 0 fully saturated rings. The van der Waals surface area contributed by atoms with Gasteiger partial charge in [-0.25, -0.2) is 9.97 Å². The molecule has 0 spiro atoms. The summed E-state index contributed by atoms with van der Waals surface area (Å²) in [5.74, 6) is 0. The molecule has 1 aromatic heterocycles. The van der Waals surface area contributed by atoms with Gasteiger partial charge in [0.1, 0.15) is 6.33 Å². The second kappa shape index (κ2) is 8.67. The van der Waals surface area contributed by atoms with Gasteiger partial charge in [0.15, 0.2) is 0 Å². The van der Waals surface area contributed by atoms with Gasteiger partial charge in [-0.15, -0.1) is 0 Å². The molecule has 3 aromatic rings. The van der Waals surface area contributed by atoms with Crippen LogP contribution in [0.2, 0.25) is 0 Å². The lowest BCUT2D eigenvalue weighted by Crippen LogP contribution is -2.10. The zero-order chi connectivity index (χ0) is 22.0. The minimum atomic E-state index is 1.09. The van der Waals surface area contributed by atoms with Gasteiger partial charge < -0.3 is 5.32 Å². The maximum atomic E-state index is 4.19. The first-order chi connectivity index (χ1) is 16.4. The predicted octanol–water partition coefficient (Wildman–Crippen LogP) is 6.58. The Labute approximate surface area is 195 Å². The predicted molar refractivity (Wildman–Crippen MR) is 135 cm³/mol. The lowest BCUT2D eigenvalue weighted by atomic mass is 9.78. The van der Waals surface area contributed by atoms with Crippen LogP contribution >= 0.6 is 0 Å². The van der Waals surface area contributed by atoms with Gasteiger partial charge in [-0.1, -0.05) is 48.6 Å². The van der Waals surface area contributed by atoms with Crippen LogP contribution in [-0.4, -0.2) is 9.97 Å². The molecule has 0 radical (unpaired) electrons. The summed E-state index contributed by atoms with van der Waals surface area (Å²) >= 11 is 0. The third-order valence-electron chi connectivity index (χ3n) is 7.04. The summed E-state index contributed by atoms with van der Waals surface area (Å²) in [7, 11) is 0. The fourth-order valence-corrected chi connectivity index (χ4v) is 5.37. The molecule has 0 atom stereocenters. The second-order valence-electron chi connectivity index (χ2n) is 8.97. The normalized spacial score (nSPS) is 16.7. The highest BCUT2D eigenvalue weighted by Gasteiger charge is 2.23. The molecule has 3 nitrogen and oxygen atoms in total. The number of allylic oxidation sites excluding steroid dienone is 6. The molecule has 0 unspecified atom stereocenters. The molecule has 5 aliphatic rings. The highest BCUT2D eigenvalue weighted by molar-refractivity contribution is 5.83. The van der Waals surface area contributed by atoms with Gasteiger partial charge in [0.2, 0.25) is 0 Å². The van der Waals surface area contributed by atoms with E-state index in [9.17, 15) is 0 Å². The molecule has 0 saturated carbocycles. The smallest absolute Gasteiger partial charge is 0.115 e. The lowest BCUT2D eigenvalue weighted by Gasteiger charge is -2.26. The highest BCUT2D eigenvalue weighted by atomic mass is 14.9. The Hall–Kier alpha value is -3.72. The van der Waals surface area contributed by atoms with Crippen LogP contribution in [0.1, 0.15) is 41.5 Å². The quantitative estimate of drug-likeness (QED) is 0.475. The fraction of sp³-hybridized carbons (Fsp3) is 0.200. The molecule has 0 saturated heterocycles. The Morgan fingerprint density at radius 1 is 0.697 bits per heavy atom. The number of fused-ring (bicyclic) bond motifs is 8. The maximum Gasteiger partial charge on any atom is 0.115 e. The van der Waals surface area contributed by atoms with Gasteiger partial charge in [-0.2, -0.15) is 0 Å². The van der Waals surface area contributed by atoms with Crippen LogP contribution in [0.25, 0.3) is 28.3 Å². The Bertz CT molecular complexity index is 1330. The molecule has 0 amide bonds. The van der Waals surface area contributed by atoms with E-state index in [-0.39, 0.29) is 0 Å². The number of hydrogen-bond acceptors (Lipinski definition) is 3. The maximum absolute atomic E-state index is 4.19. The van der Waals surface area contributed by atoms with E-state index >= 15 is 0 Å². The van der Waals surface area contributed by atoms with Gasteiger partial charge in [-0.05, 0) is 95.2 Å². The molecule has 3 heteroatoms. The number of benzene rings is 2. The van der Waals surface area contributed by atoms with E-state index in [0.29, 0.717) is 0 Å². The topological polar surface area (TPSA) is 37.8 Å². The van der Waals surface area contributed by atoms with Crippen molar-refractivity contribution in [2.24, 2.45) is 0 Å². The van der Waals surface area contributed by atoms with Crippen LogP contribution in [0, 0.1) is 0 Å². The Balaban J connectivity index is 0.000000192. The van der Waals surface area contributed by atoms with E-state index in [0.717, 1.165) is 24.8 Å². The van der Waals surface area contributed by atoms with Crippen molar-refractivity contribution in [1.82, 2.24) is 15.3 Å². The lowest BCUT2D eigenvalue weighted by molar-refractivity contribution is 0.874. The van der Waals surface area contributed by atoms with Crippen LogP contribution in [0.15, 0.2) is 90.8 Å². The summed E-state index contributed by atoms with van der Waals surface area (Å²) < 4.78 is 0. The van der Waals surface area contributed by atoms with Gasteiger partial charge in [0.25, 0.3) is 0 Å². The third-order valence-corrected chi connectivity index (χ3v) is 7.04. The van der Waals surface area contributed by atoms with Gasteiger partial charge in [-0.3, -0.25) is 0 Å². The molecule has 33 heavy (non-hydrogen) atoms. The van der Waals surface area contributed by atoms with E-state index in [4.69, 9.17) is 0 Å². The Morgan fingerprint density at radius 2 is 1.55 bits per heavy atom. The average molecular weight is 430 g/mol. The van der Waals surface area contributed by atoms with Crippen molar-refractivity contribution in [3.05, 3.63) is 113 Å². The molecule has 2 bridgehead atoms.